The normalized spacial score (nSPS) is 15.9. The Hall–Kier alpha value is -4.03. The van der Waals surface area contributed by atoms with Crippen molar-refractivity contribution in [1.82, 2.24) is 39.1 Å². The lowest BCUT2D eigenvalue weighted by molar-refractivity contribution is 0.0945. The van der Waals surface area contributed by atoms with Crippen molar-refractivity contribution in [3.8, 4) is 0 Å². The molecule has 7 rings (SSSR count). The first-order valence-electron chi connectivity index (χ1n) is 12.9. The number of fused-ring (bicyclic) bond motifs is 2. The summed E-state index contributed by atoms with van der Waals surface area (Å²) in [4.78, 5) is 24.2. The zero-order valence-electron chi connectivity index (χ0n) is 20.9. The minimum atomic E-state index is -0.583. The molecule has 2 aliphatic rings. The van der Waals surface area contributed by atoms with Gasteiger partial charge in [-0.15, -0.1) is 5.10 Å². The van der Waals surface area contributed by atoms with Crippen LogP contribution in [0.25, 0.3) is 11.2 Å². The maximum atomic E-state index is 14.5. The van der Waals surface area contributed by atoms with Crippen LogP contribution in [0.5, 0.6) is 0 Å². The number of amides is 1. The van der Waals surface area contributed by atoms with E-state index in [4.69, 9.17) is 21.3 Å². The summed E-state index contributed by atoms with van der Waals surface area (Å²) in [5.74, 6) is -0.408. The molecule has 0 atom stereocenters. The van der Waals surface area contributed by atoms with E-state index in [1.807, 2.05) is 6.20 Å². The quantitative estimate of drug-likeness (QED) is 0.332. The topological polar surface area (TPSA) is 107 Å². The zero-order chi connectivity index (χ0) is 26.5. The highest BCUT2D eigenvalue weighted by molar-refractivity contribution is 6.31. The minimum absolute atomic E-state index is 0.00806. The molecule has 0 aromatic carbocycles. The van der Waals surface area contributed by atoms with Gasteiger partial charge in [-0.1, -0.05) is 16.8 Å². The third-order valence-electron chi connectivity index (χ3n) is 7.18. The Kier molecular flexibility index (Phi) is 5.93. The first-order chi connectivity index (χ1) is 19.0. The van der Waals surface area contributed by atoms with E-state index in [0.29, 0.717) is 31.4 Å². The SMILES string of the molecule is O=C(NCc1ncn2ccc(Cl)c(F)c12)c1cn(Cc2cn3cc(C4CC4)cc(N4CCOCC4)c3n2)nn1. The van der Waals surface area contributed by atoms with Crippen LogP contribution in [0.4, 0.5) is 10.1 Å². The molecule has 0 unspecified atom stereocenters. The minimum Gasteiger partial charge on any atom is -0.378 e. The molecule has 39 heavy (non-hydrogen) atoms. The number of morpholine rings is 1. The number of imidazole rings is 2. The van der Waals surface area contributed by atoms with Gasteiger partial charge in [0.2, 0.25) is 0 Å². The summed E-state index contributed by atoms with van der Waals surface area (Å²) in [6.45, 7) is 3.45. The van der Waals surface area contributed by atoms with Crippen LogP contribution in [0.15, 0.2) is 43.2 Å². The van der Waals surface area contributed by atoms with E-state index in [9.17, 15) is 9.18 Å². The number of anilines is 1. The van der Waals surface area contributed by atoms with E-state index >= 15 is 0 Å². The Bertz CT molecular complexity index is 1700. The molecule has 0 radical (unpaired) electrons. The summed E-state index contributed by atoms with van der Waals surface area (Å²) in [5.41, 5.74) is 4.89. The van der Waals surface area contributed by atoms with E-state index in [-0.39, 0.29) is 22.8 Å². The number of aromatic nitrogens is 7. The molecule has 1 aliphatic carbocycles. The molecule has 6 heterocycles. The number of nitrogens with one attached hydrogen (secondary N) is 1. The molecule has 2 fully saturated rings. The molecule has 5 aromatic heterocycles. The molecule has 1 aliphatic heterocycles. The highest BCUT2D eigenvalue weighted by Crippen LogP contribution is 2.42. The third kappa shape index (κ3) is 4.59. The van der Waals surface area contributed by atoms with Crippen molar-refractivity contribution in [2.24, 2.45) is 0 Å². The fourth-order valence-electron chi connectivity index (χ4n) is 5.02. The van der Waals surface area contributed by atoms with Crippen LogP contribution in [0.2, 0.25) is 5.02 Å². The van der Waals surface area contributed by atoms with Gasteiger partial charge in [0.25, 0.3) is 5.91 Å². The van der Waals surface area contributed by atoms with Crippen molar-refractivity contribution < 1.29 is 13.9 Å². The summed E-state index contributed by atoms with van der Waals surface area (Å²) in [6, 6.07) is 3.72. The Morgan fingerprint density at radius 3 is 2.85 bits per heavy atom. The summed E-state index contributed by atoms with van der Waals surface area (Å²) < 4.78 is 25.2. The molecule has 1 N–H and O–H groups in total. The monoisotopic (exact) mass is 549 g/mol. The smallest absolute Gasteiger partial charge is 0.273 e. The van der Waals surface area contributed by atoms with Gasteiger partial charge < -0.3 is 23.8 Å². The molecule has 1 saturated heterocycles. The van der Waals surface area contributed by atoms with Gasteiger partial charge in [0.05, 0.1) is 60.9 Å². The van der Waals surface area contributed by atoms with Crippen molar-refractivity contribution >= 4 is 34.4 Å². The van der Waals surface area contributed by atoms with E-state index in [0.717, 1.165) is 30.1 Å². The van der Waals surface area contributed by atoms with Gasteiger partial charge in [-0.3, -0.25) is 4.79 Å². The van der Waals surface area contributed by atoms with Crippen molar-refractivity contribution in [2.45, 2.75) is 31.8 Å². The Labute approximate surface area is 227 Å². The predicted molar refractivity (Wildman–Crippen MR) is 141 cm³/mol. The molecule has 11 nitrogen and oxygen atoms in total. The number of hydrogen-bond donors (Lipinski definition) is 1. The average Bonchev–Trinajstić information content (AvgIpc) is 3.35. The Morgan fingerprint density at radius 1 is 1.18 bits per heavy atom. The molecule has 200 valence electrons. The second kappa shape index (κ2) is 9.62. The maximum Gasteiger partial charge on any atom is 0.273 e. The van der Waals surface area contributed by atoms with Crippen molar-refractivity contribution in [3.63, 3.8) is 0 Å². The van der Waals surface area contributed by atoms with Crippen molar-refractivity contribution in [1.29, 1.82) is 0 Å². The number of pyridine rings is 2. The van der Waals surface area contributed by atoms with Gasteiger partial charge in [0.1, 0.15) is 5.52 Å². The van der Waals surface area contributed by atoms with E-state index < -0.39 is 11.7 Å². The first kappa shape index (κ1) is 24.0. The lowest BCUT2D eigenvalue weighted by Gasteiger charge is -2.29. The van der Waals surface area contributed by atoms with Gasteiger partial charge in [-0.05, 0) is 36.5 Å². The van der Waals surface area contributed by atoms with E-state index in [2.05, 4.69) is 42.2 Å². The molecular formula is C26H25ClFN9O2. The van der Waals surface area contributed by atoms with Crippen LogP contribution in [-0.4, -0.2) is 66.0 Å². The number of carbonyl (C=O) groups excluding carboxylic acids is 1. The number of nitrogens with zero attached hydrogens (tertiary/aromatic N) is 8. The lowest BCUT2D eigenvalue weighted by Crippen LogP contribution is -2.36. The van der Waals surface area contributed by atoms with Gasteiger partial charge in [0.15, 0.2) is 17.2 Å². The van der Waals surface area contributed by atoms with Crippen LogP contribution < -0.4 is 10.2 Å². The van der Waals surface area contributed by atoms with Gasteiger partial charge in [0, 0.05) is 31.7 Å². The van der Waals surface area contributed by atoms with Crippen LogP contribution in [0.3, 0.4) is 0 Å². The largest absolute Gasteiger partial charge is 0.378 e. The second-order valence-electron chi connectivity index (χ2n) is 9.90. The molecule has 5 aromatic rings. The maximum absolute atomic E-state index is 14.5. The van der Waals surface area contributed by atoms with E-state index in [1.54, 1.807) is 17.1 Å². The molecule has 1 amide bonds. The second-order valence-corrected chi connectivity index (χ2v) is 10.3. The first-order valence-corrected chi connectivity index (χ1v) is 13.2. The summed E-state index contributed by atoms with van der Waals surface area (Å²) >= 11 is 5.90. The highest BCUT2D eigenvalue weighted by atomic mass is 35.5. The number of ether oxygens (including phenoxy) is 1. The van der Waals surface area contributed by atoms with Gasteiger partial charge in [-0.2, -0.15) is 0 Å². The standard InChI is InChI=1S/C26H25ClFN9O2/c27-19-3-4-35-15-30-20(24(35)23(19)28)10-29-26(38)21-14-37(33-32-21)13-18-12-36-11-17(16-1-2-16)9-22(25(36)31-18)34-5-7-39-8-6-34/h3-4,9,11-12,14-16H,1-2,5-8,10,13H2,(H,29,38). The summed E-state index contributed by atoms with van der Waals surface area (Å²) in [5, 5.41) is 10.9. The Balaban J connectivity index is 1.08. The third-order valence-corrected chi connectivity index (χ3v) is 7.48. The van der Waals surface area contributed by atoms with Crippen molar-refractivity contribution in [3.05, 3.63) is 76.7 Å². The zero-order valence-corrected chi connectivity index (χ0v) is 21.7. The fraction of sp³-hybridized carbons (Fsp3) is 0.346. The molecular weight excluding hydrogens is 525 g/mol. The number of halogens is 2. The van der Waals surface area contributed by atoms with Gasteiger partial charge >= 0.3 is 0 Å². The van der Waals surface area contributed by atoms with Crippen LogP contribution in [-0.2, 0) is 17.8 Å². The number of carbonyl (C=O) groups is 1. The molecule has 13 heteroatoms. The number of rotatable bonds is 7. The lowest BCUT2D eigenvalue weighted by atomic mass is 10.1. The van der Waals surface area contributed by atoms with Crippen LogP contribution in [0, 0.1) is 5.82 Å². The van der Waals surface area contributed by atoms with Crippen molar-refractivity contribution in [2.75, 3.05) is 31.2 Å². The average molecular weight is 550 g/mol. The molecule has 0 spiro atoms. The van der Waals surface area contributed by atoms with Crippen LogP contribution >= 0.6 is 11.6 Å². The van der Waals surface area contributed by atoms with Crippen LogP contribution in [0.1, 0.15) is 46.2 Å². The summed E-state index contributed by atoms with van der Waals surface area (Å²) in [7, 11) is 0. The Morgan fingerprint density at radius 2 is 2.03 bits per heavy atom. The predicted octanol–water partition coefficient (Wildman–Crippen LogP) is 3.06. The number of hydrogen-bond acceptors (Lipinski definition) is 7. The van der Waals surface area contributed by atoms with Gasteiger partial charge in [-0.25, -0.2) is 19.0 Å². The molecule has 0 bridgehead atoms. The van der Waals surface area contributed by atoms with E-state index in [1.165, 1.54) is 35.2 Å². The summed E-state index contributed by atoms with van der Waals surface area (Å²) in [6.07, 6.45) is 11.3. The fourth-order valence-corrected chi connectivity index (χ4v) is 5.17. The highest BCUT2D eigenvalue weighted by Gasteiger charge is 2.27. The molecule has 1 saturated carbocycles.